The lowest BCUT2D eigenvalue weighted by molar-refractivity contribution is 0.103. The molecule has 2 unspecified atom stereocenters. The van der Waals surface area contributed by atoms with Crippen LogP contribution in [-0.4, -0.2) is 20.8 Å². The van der Waals surface area contributed by atoms with Crippen molar-refractivity contribution in [3.8, 4) is 0 Å². The molecule has 1 aliphatic carbocycles. The van der Waals surface area contributed by atoms with Gasteiger partial charge in [-0.1, -0.05) is 19.1 Å². The van der Waals surface area contributed by atoms with E-state index in [-0.39, 0.29) is 6.10 Å². The summed E-state index contributed by atoms with van der Waals surface area (Å²) in [6, 6.07) is 8.12. The molecule has 3 heteroatoms. The molecule has 3 rings (SSSR count). The summed E-state index contributed by atoms with van der Waals surface area (Å²) >= 11 is 0. The van der Waals surface area contributed by atoms with Crippen molar-refractivity contribution in [2.45, 2.75) is 32.3 Å². The van der Waals surface area contributed by atoms with E-state index < -0.39 is 0 Å². The number of imidazole rings is 1. The summed E-state index contributed by atoms with van der Waals surface area (Å²) in [4.78, 5) is 4.62. The number of aliphatic hydroxyl groups excluding tert-OH is 1. The molecule has 3 nitrogen and oxygen atoms in total. The average molecular weight is 244 g/mol. The van der Waals surface area contributed by atoms with E-state index in [0.29, 0.717) is 12.3 Å². The fraction of sp³-hybridized carbons (Fsp3) is 0.533. The first-order valence-electron chi connectivity index (χ1n) is 6.75. The summed E-state index contributed by atoms with van der Waals surface area (Å²) in [5.41, 5.74) is 2.15. The number of aryl methyl sites for hydroxylation is 1. The maximum atomic E-state index is 10.3. The van der Waals surface area contributed by atoms with Gasteiger partial charge in [-0.3, -0.25) is 0 Å². The van der Waals surface area contributed by atoms with Gasteiger partial charge in [0.1, 0.15) is 5.82 Å². The lowest BCUT2D eigenvalue weighted by atomic mass is 9.96. The van der Waals surface area contributed by atoms with Crippen molar-refractivity contribution in [2.24, 2.45) is 18.9 Å². The van der Waals surface area contributed by atoms with Crippen molar-refractivity contribution < 1.29 is 5.11 Å². The van der Waals surface area contributed by atoms with Gasteiger partial charge in [-0.15, -0.1) is 0 Å². The monoisotopic (exact) mass is 244 g/mol. The minimum atomic E-state index is -0.270. The predicted molar refractivity (Wildman–Crippen MR) is 72.3 cm³/mol. The van der Waals surface area contributed by atoms with Crippen molar-refractivity contribution in [1.82, 2.24) is 9.55 Å². The van der Waals surface area contributed by atoms with E-state index in [1.807, 2.05) is 25.2 Å². The Morgan fingerprint density at radius 3 is 2.78 bits per heavy atom. The second kappa shape index (κ2) is 4.39. The highest BCUT2D eigenvalue weighted by Crippen LogP contribution is 2.38. The standard InChI is InChI=1S/C15H20N2O/c1-10(11-7-8-11)14(18)9-15-16-12-5-3-4-6-13(12)17(15)2/h3-6,10-11,14,18H,7-9H2,1-2H3. The molecule has 96 valence electrons. The molecule has 1 N–H and O–H groups in total. The van der Waals surface area contributed by atoms with Crippen LogP contribution in [0.4, 0.5) is 0 Å². The smallest absolute Gasteiger partial charge is 0.112 e. The maximum Gasteiger partial charge on any atom is 0.112 e. The van der Waals surface area contributed by atoms with Crippen molar-refractivity contribution in [2.75, 3.05) is 0 Å². The Balaban J connectivity index is 1.83. The Morgan fingerprint density at radius 2 is 2.11 bits per heavy atom. The van der Waals surface area contributed by atoms with Crippen molar-refractivity contribution >= 4 is 11.0 Å². The lowest BCUT2D eigenvalue weighted by Gasteiger charge is -2.17. The molecule has 1 aromatic heterocycles. The Morgan fingerprint density at radius 1 is 1.39 bits per heavy atom. The van der Waals surface area contributed by atoms with Gasteiger partial charge in [0.05, 0.1) is 17.1 Å². The Bertz CT molecular complexity index is 557. The number of hydrogen-bond donors (Lipinski definition) is 1. The molecular weight excluding hydrogens is 224 g/mol. The molecule has 18 heavy (non-hydrogen) atoms. The van der Waals surface area contributed by atoms with Gasteiger partial charge in [0, 0.05) is 13.5 Å². The quantitative estimate of drug-likeness (QED) is 0.897. The highest BCUT2D eigenvalue weighted by Gasteiger charge is 2.33. The van der Waals surface area contributed by atoms with E-state index in [4.69, 9.17) is 0 Å². The Hall–Kier alpha value is -1.35. The van der Waals surface area contributed by atoms with Gasteiger partial charge in [0.2, 0.25) is 0 Å². The number of aromatic nitrogens is 2. The average Bonchev–Trinajstić information content (AvgIpc) is 3.17. The third-order valence-corrected chi connectivity index (χ3v) is 4.24. The highest BCUT2D eigenvalue weighted by atomic mass is 16.3. The van der Waals surface area contributed by atoms with E-state index in [2.05, 4.69) is 22.5 Å². The first kappa shape index (κ1) is 11.7. The SMILES string of the molecule is CC(C(O)Cc1nc2ccccc2n1C)C1CC1. The third-order valence-electron chi connectivity index (χ3n) is 4.24. The minimum Gasteiger partial charge on any atom is -0.392 e. The van der Waals surface area contributed by atoms with Crippen LogP contribution in [0.2, 0.25) is 0 Å². The number of nitrogens with zero attached hydrogens (tertiary/aromatic N) is 2. The van der Waals surface area contributed by atoms with E-state index in [0.717, 1.165) is 22.8 Å². The summed E-state index contributed by atoms with van der Waals surface area (Å²) in [6.07, 6.45) is 2.94. The molecule has 1 aromatic carbocycles. The molecule has 0 radical (unpaired) electrons. The van der Waals surface area contributed by atoms with Crippen LogP contribution in [0.25, 0.3) is 11.0 Å². The molecule has 1 saturated carbocycles. The number of aliphatic hydroxyl groups is 1. The maximum absolute atomic E-state index is 10.3. The van der Waals surface area contributed by atoms with E-state index in [9.17, 15) is 5.11 Å². The molecule has 0 amide bonds. The van der Waals surface area contributed by atoms with E-state index >= 15 is 0 Å². The molecule has 2 atom stereocenters. The van der Waals surface area contributed by atoms with Gasteiger partial charge in [0.25, 0.3) is 0 Å². The van der Waals surface area contributed by atoms with Crippen LogP contribution in [0.5, 0.6) is 0 Å². The number of benzene rings is 1. The molecule has 1 fully saturated rings. The van der Waals surface area contributed by atoms with Crippen LogP contribution in [0.15, 0.2) is 24.3 Å². The summed E-state index contributed by atoms with van der Waals surface area (Å²) in [6.45, 7) is 2.16. The summed E-state index contributed by atoms with van der Waals surface area (Å²) in [5, 5.41) is 10.3. The first-order valence-corrected chi connectivity index (χ1v) is 6.75. The fourth-order valence-electron chi connectivity index (χ4n) is 2.69. The normalized spacial score (nSPS) is 19.1. The van der Waals surface area contributed by atoms with E-state index in [1.54, 1.807) is 0 Å². The zero-order valence-corrected chi connectivity index (χ0v) is 11.0. The van der Waals surface area contributed by atoms with Crippen LogP contribution in [-0.2, 0) is 13.5 Å². The van der Waals surface area contributed by atoms with Gasteiger partial charge < -0.3 is 9.67 Å². The summed E-state index contributed by atoms with van der Waals surface area (Å²) in [7, 11) is 2.03. The molecule has 0 aliphatic heterocycles. The molecule has 1 heterocycles. The second-order valence-electron chi connectivity index (χ2n) is 5.54. The molecule has 2 aromatic rings. The van der Waals surface area contributed by atoms with E-state index in [1.165, 1.54) is 12.8 Å². The number of rotatable bonds is 4. The number of para-hydroxylation sites is 2. The zero-order valence-electron chi connectivity index (χ0n) is 11.0. The summed E-state index contributed by atoms with van der Waals surface area (Å²) in [5.74, 6) is 2.11. The predicted octanol–water partition coefficient (Wildman–Crippen LogP) is 2.52. The van der Waals surface area contributed by atoms with Gasteiger partial charge in [-0.05, 0) is 36.8 Å². The fourth-order valence-corrected chi connectivity index (χ4v) is 2.69. The number of hydrogen-bond acceptors (Lipinski definition) is 2. The van der Waals surface area contributed by atoms with Crippen molar-refractivity contribution in [3.63, 3.8) is 0 Å². The first-order chi connectivity index (χ1) is 8.66. The minimum absolute atomic E-state index is 0.270. The van der Waals surface area contributed by atoms with Gasteiger partial charge in [-0.2, -0.15) is 0 Å². The van der Waals surface area contributed by atoms with Crippen LogP contribution >= 0.6 is 0 Å². The topological polar surface area (TPSA) is 38.1 Å². The zero-order chi connectivity index (χ0) is 12.7. The number of fused-ring (bicyclic) bond motifs is 1. The van der Waals surface area contributed by atoms with Gasteiger partial charge in [0.15, 0.2) is 0 Å². The Labute approximate surface area is 107 Å². The molecule has 0 bridgehead atoms. The molecular formula is C15H20N2O. The highest BCUT2D eigenvalue weighted by molar-refractivity contribution is 5.75. The van der Waals surface area contributed by atoms with Crippen LogP contribution in [0, 0.1) is 11.8 Å². The molecule has 1 aliphatic rings. The van der Waals surface area contributed by atoms with Gasteiger partial charge >= 0.3 is 0 Å². The lowest BCUT2D eigenvalue weighted by Crippen LogP contribution is -2.23. The third kappa shape index (κ3) is 2.03. The van der Waals surface area contributed by atoms with Crippen LogP contribution in [0.1, 0.15) is 25.6 Å². The molecule has 0 saturated heterocycles. The van der Waals surface area contributed by atoms with Gasteiger partial charge in [-0.25, -0.2) is 4.98 Å². The largest absolute Gasteiger partial charge is 0.392 e. The molecule has 0 spiro atoms. The Kier molecular flexibility index (Phi) is 2.86. The summed E-state index contributed by atoms with van der Waals surface area (Å²) < 4.78 is 2.10. The second-order valence-corrected chi connectivity index (χ2v) is 5.54. The van der Waals surface area contributed by atoms with Crippen LogP contribution < -0.4 is 0 Å². The van der Waals surface area contributed by atoms with Crippen molar-refractivity contribution in [1.29, 1.82) is 0 Å². The van der Waals surface area contributed by atoms with Crippen molar-refractivity contribution in [3.05, 3.63) is 30.1 Å². The van der Waals surface area contributed by atoms with Crippen LogP contribution in [0.3, 0.4) is 0 Å².